The van der Waals surface area contributed by atoms with Crippen molar-refractivity contribution in [3.63, 3.8) is 0 Å². The van der Waals surface area contributed by atoms with Gasteiger partial charge in [0.05, 0.1) is 12.5 Å². The lowest BCUT2D eigenvalue weighted by Gasteiger charge is -2.31. The predicted octanol–water partition coefficient (Wildman–Crippen LogP) is 3.47. The van der Waals surface area contributed by atoms with Gasteiger partial charge in [-0.15, -0.1) is 0 Å². The third kappa shape index (κ3) is 4.70. The number of nitrogens with zero attached hydrogens (tertiary/aromatic N) is 2. The van der Waals surface area contributed by atoms with Gasteiger partial charge in [-0.1, -0.05) is 12.1 Å². The van der Waals surface area contributed by atoms with Crippen molar-refractivity contribution in [1.29, 1.82) is 0 Å². The summed E-state index contributed by atoms with van der Waals surface area (Å²) in [5.41, 5.74) is 3.86. The van der Waals surface area contributed by atoms with Crippen LogP contribution in [0.5, 0.6) is 0 Å². The van der Waals surface area contributed by atoms with E-state index in [1.807, 2.05) is 32.0 Å². The molecule has 33 heavy (non-hydrogen) atoms. The molecule has 8 nitrogen and oxygen atoms in total. The Balaban J connectivity index is 1.89. The number of amides is 1. The molecule has 0 radical (unpaired) electrons. The topological polar surface area (TPSA) is 97.7 Å². The Morgan fingerprint density at radius 1 is 1.15 bits per heavy atom. The van der Waals surface area contributed by atoms with E-state index < -0.39 is 21.9 Å². The highest BCUT2D eigenvalue weighted by atomic mass is 32.2. The summed E-state index contributed by atoms with van der Waals surface area (Å²) in [4.78, 5) is 25.6. The van der Waals surface area contributed by atoms with E-state index in [0.29, 0.717) is 30.8 Å². The fraction of sp³-hybridized carbons (Fsp3) is 0.500. The van der Waals surface area contributed by atoms with E-state index in [4.69, 9.17) is 4.74 Å². The molecule has 180 valence electrons. The van der Waals surface area contributed by atoms with Crippen molar-refractivity contribution in [2.24, 2.45) is 13.0 Å². The highest BCUT2D eigenvalue weighted by molar-refractivity contribution is 7.89. The maximum atomic E-state index is 13.7. The van der Waals surface area contributed by atoms with Crippen LogP contribution in [-0.4, -0.2) is 48.9 Å². The van der Waals surface area contributed by atoms with Gasteiger partial charge in [-0.3, -0.25) is 4.79 Å². The Morgan fingerprint density at radius 2 is 1.85 bits per heavy atom. The average Bonchev–Trinajstić information content (AvgIpc) is 3.01. The molecule has 1 aromatic heterocycles. The largest absolute Gasteiger partial charge is 0.462 e. The van der Waals surface area contributed by atoms with Crippen molar-refractivity contribution < 1.29 is 22.7 Å². The van der Waals surface area contributed by atoms with E-state index in [0.717, 1.165) is 16.8 Å². The number of ether oxygens (including phenoxy) is 1. The number of hydrogen-bond acceptors (Lipinski definition) is 5. The number of piperidine rings is 1. The number of benzene rings is 1. The molecule has 1 aromatic carbocycles. The van der Waals surface area contributed by atoms with Gasteiger partial charge in [0.25, 0.3) is 0 Å². The molecule has 2 aromatic rings. The van der Waals surface area contributed by atoms with Crippen LogP contribution >= 0.6 is 0 Å². The predicted molar refractivity (Wildman–Crippen MR) is 127 cm³/mol. The second-order valence-corrected chi connectivity index (χ2v) is 10.5. The average molecular weight is 476 g/mol. The van der Waals surface area contributed by atoms with Gasteiger partial charge in [-0.05, 0) is 64.7 Å². The lowest BCUT2D eigenvalue weighted by atomic mass is 9.98. The van der Waals surface area contributed by atoms with Gasteiger partial charge in [-0.25, -0.2) is 13.2 Å². The lowest BCUT2D eigenvalue weighted by Crippen LogP contribution is -2.44. The van der Waals surface area contributed by atoms with Crippen LogP contribution < -0.4 is 5.32 Å². The number of rotatable bonds is 6. The number of anilines is 1. The Morgan fingerprint density at radius 3 is 2.52 bits per heavy atom. The fourth-order valence-corrected chi connectivity index (χ4v) is 6.30. The SMILES string of the molecule is CCOC(=O)c1c(S(=O)(=O)N2CCC[C@@H](C(=O)Nc3cccc(C)c3C)C2)c(C)n(C)c1C. The third-order valence-corrected chi connectivity index (χ3v) is 8.65. The van der Waals surface area contributed by atoms with Gasteiger partial charge in [0.1, 0.15) is 10.5 Å². The molecule has 2 heterocycles. The summed E-state index contributed by atoms with van der Waals surface area (Å²) in [6.45, 7) is 9.49. The van der Waals surface area contributed by atoms with Crippen LogP contribution in [0.15, 0.2) is 23.1 Å². The van der Waals surface area contributed by atoms with Gasteiger partial charge < -0.3 is 14.6 Å². The van der Waals surface area contributed by atoms with Crippen molar-refractivity contribution in [3.05, 3.63) is 46.3 Å². The summed E-state index contributed by atoms with van der Waals surface area (Å²) in [5.74, 6) is -1.33. The molecule has 1 amide bonds. The summed E-state index contributed by atoms with van der Waals surface area (Å²) in [5, 5.41) is 2.96. The van der Waals surface area contributed by atoms with E-state index in [1.54, 1.807) is 32.4 Å². The highest BCUT2D eigenvalue weighted by Crippen LogP contribution is 2.32. The molecule has 0 saturated carbocycles. The van der Waals surface area contributed by atoms with Crippen LogP contribution in [0.1, 0.15) is 52.6 Å². The zero-order valence-corrected chi connectivity index (χ0v) is 21.0. The van der Waals surface area contributed by atoms with Gasteiger partial charge in [-0.2, -0.15) is 4.31 Å². The summed E-state index contributed by atoms with van der Waals surface area (Å²) < 4.78 is 35.6. The molecule has 1 fully saturated rings. The molecule has 1 aliphatic heterocycles. The zero-order valence-electron chi connectivity index (χ0n) is 20.2. The minimum absolute atomic E-state index is 0.0310. The quantitative estimate of drug-likeness (QED) is 0.645. The summed E-state index contributed by atoms with van der Waals surface area (Å²) in [6.07, 6.45) is 1.16. The first-order chi connectivity index (χ1) is 15.5. The molecule has 0 unspecified atom stereocenters. The van der Waals surface area contributed by atoms with E-state index in [1.165, 1.54) is 4.31 Å². The number of nitrogens with one attached hydrogen (secondary N) is 1. The molecule has 0 bridgehead atoms. The molecule has 0 spiro atoms. The molecule has 9 heteroatoms. The van der Waals surface area contributed by atoms with Gasteiger partial charge in [0.2, 0.25) is 15.9 Å². The van der Waals surface area contributed by atoms with Crippen LogP contribution in [0.25, 0.3) is 0 Å². The first-order valence-electron chi connectivity index (χ1n) is 11.2. The third-order valence-electron chi connectivity index (χ3n) is 6.62. The van der Waals surface area contributed by atoms with Crippen molar-refractivity contribution in [1.82, 2.24) is 8.87 Å². The standard InChI is InChI=1S/C24H33N3O5S/c1-7-32-24(29)21-17(4)26(6)18(5)22(21)33(30,31)27-13-9-11-19(14-27)23(28)25-20-12-8-10-15(2)16(20)3/h8,10,12,19H,7,9,11,13-14H2,1-6H3,(H,25,28)/t19-/m1/s1. The molecule has 0 aliphatic carbocycles. The Bertz CT molecular complexity index is 1180. The van der Waals surface area contributed by atoms with E-state index in [9.17, 15) is 18.0 Å². The molecular weight excluding hydrogens is 442 g/mol. The van der Waals surface area contributed by atoms with E-state index in [2.05, 4.69) is 5.32 Å². The highest BCUT2D eigenvalue weighted by Gasteiger charge is 2.39. The molecule has 1 aliphatic rings. The molecule has 3 rings (SSSR count). The first kappa shape index (κ1) is 25.0. The van der Waals surface area contributed by atoms with E-state index >= 15 is 0 Å². The smallest absolute Gasteiger partial charge is 0.341 e. The Hall–Kier alpha value is -2.65. The molecule has 1 atom stereocenters. The zero-order chi connectivity index (χ0) is 24.5. The summed E-state index contributed by atoms with van der Waals surface area (Å²) in [6, 6.07) is 5.71. The van der Waals surface area contributed by atoms with Gasteiger partial charge in [0, 0.05) is 37.2 Å². The monoisotopic (exact) mass is 475 g/mol. The number of carbonyl (C=O) groups excluding carboxylic acids is 2. The van der Waals surface area contributed by atoms with Crippen LogP contribution in [-0.2, 0) is 26.6 Å². The van der Waals surface area contributed by atoms with Crippen LogP contribution in [0.2, 0.25) is 0 Å². The minimum Gasteiger partial charge on any atom is -0.462 e. The second-order valence-electron chi connectivity index (χ2n) is 8.59. The number of sulfonamides is 1. The van der Waals surface area contributed by atoms with Crippen LogP contribution in [0.4, 0.5) is 5.69 Å². The van der Waals surface area contributed by atoms with Crippen molar-refractivity contribution in [2.75, 3.05) is 25.0 Å². The molecular formula is C24H33N3O5S. The fourth-order valence-electron chi connectivity index (χ4n) is 4.30. The lowest BCUT2D eigenvalue weighted by molar-refractivity contribution is -0.120. The van der Waals surface area contributed by atoms with Crippen LogP contribution in [0, 0.1) is 33.6 Å². The minimum atomic E-state index is -4.01. The number of carbonyl (C=O) groups is 2. The second kappa shape index (κ2) is 9.69. The number of aryl methyl sites for hydroxylation is 1. The number of esters is 1. The Kier molecular flexibility index (Phi) is 7.33. The maximum absolute atomic E-state index is 13.7. The van der Waals surface area contributed by atoms with E-state index in [-0.39, 0.29) is 29.5 Å². The number of hydrogen-bond donors (Lipinski definition) is 1. The van der Waals surface area contributed by atoms with Crippen molar-refractivity contribution >= 4 is 27.6 Å². The van der Waals surface area contributed by atoms with Gasteiger partial charge in [0.15, 0.2) is 0 Å². The Labute approximate surface area is 196 Å². The van der Waals surface area contributed by atoms with Crippen molar-refractivity contribution in [2.45, 2.75) is 52.4 Å². The maximum Gasteiger partial charge on any atom is 0.341 e. The normalized spacial score (nSPS) is 17.1. The first-order valence-corrected chi connectivity index (χ1v) is 12.6. The number of aromatic nitrogens is 1. The van der Waals surface area contributed by atoms with Gasteiger partial charge >= 0.3 is 5.97 Å². The molecule has 1 N–H and O–H groups in total. The molecule has 1 saturated heterocycles. The summed E-state index contributed by atoms with van der Waals surface area (Å²) >= 11 is 0. The van der Waals surface area contributed by atoms with Crippen molar-refractivity contribution in [3.8, 4) is 0 Å². The van der Waals surface area contributed by atoms with Crippen LogP contribution in [0.3, 0.4) is 0 Å². The summed E-state index contributed by atoms with van der Waals surface area (Å²) in [7, 11) is -2.29.